The van der Waals surface area contributed by atoms with Crippen LogP contribution in [0.4, 0.5) is 25.0 Å². The van der Waals surface area contributed by atoms with Crippen LogP contribution in [0.5, 0.6) is 0 Å². The van der Waals surface area contributed by atoms with E-state index in [1.807, 2.05) is 20.8 Å². The Morgan fingerprint density at radius 2 is 1.71 bits per heavy atom. The number of nitrogens with one attached hydrogen (secondary N) is 3. The number of anilines is 2. The summed E-state index contributed by atoms with van der Waals surface area (Å²) >= 11 is 5.40. The molecule has 10 heteroatoms. The molecule has 0 aromatic heterocycles. The van der Waals surface area contributed by atoms with Crippen molar-refractivity contribution in [2.24, 2.45) is 5.92 Å². The van der Waals surface area contributed by atoms with Gasteiger partial charge in [0, 0.05) is 30.2 Å². The molecule has 0 fully saturated rings. The van der Waals surface area contributed by atoms with Gasteiger partial charge in [0.05, 0.1) is 18.2 Å². The summed E-state index contributed by atoms with van der Waals surface area (Å²) in [6, 6.07) is 8.76. The fourth-order valence-corrected chi connectivity index (χ4v) is 3.55. The maximum absolute atomic E-state index is 13.3. The molecule has 1 aliphatic heterocycles. The number of ether oxygens (including phenoxy) is 1. The van der Waals surface area contributed by atoms with Crippen molar-refractivity contribution in [2.45, 2.75) is 26.8 Å². The van der Waals surface area contributed by atoms with E-state index in [1.165, 1.54) is 6.07 Å². The quantitative estimate of drug-likeness (QED) is 0.395. The molecule has 1 atom stereocenters. The monoisotopic (exact) mass is 488 g/mol. The highest BCUT2D eigenvalue weighted by Gasteiger charge is 2.33. The first-order chi connectivity index (χ1) is 16.1. The number of hydrogen-bond donors (Lipinski definition) is 3. The zero-order chi connectivity index (χ0) is 25.0. The molecule has 7 nitrogen and oxygen atoms in total. The second kappa shape index (κ2) is 10.6. The van der Waals surface area contributed by atoms with Crippen molar-refractivity contribution in [1.82, 2.24) is 10.2 Å². The van der Waals surface area contributed by atoms with Crippen LogP contribution in [-0.4, -0.2) is 35.7 Å². The summed E-state index contributed by atoms with van der Waals surface area (Å²) in [6.07, 6.45) is 0. The number of nitrogens with zero attached hydrogens (tertiary/aromatic N) is 1. The van der Waals surface area contributed by atoms with Crippen molar-refractivity contribution in [1.29, 1.82) is 0 Å². The van der Waals surface area contributed by atoms with Crippen LogP contribution < -0.4 is 16.0 Å². The minimum absolute atomic E-state index is 0.113. The lowest BCUT2D eigenvalue weighted by atomic mass is 9.95. The van der Waals surface area contributed by atoms with Gasteiger partial charge in [-0.05, 0) is 54.9 Å². The van der Waals surface area contributed by atoms with Gasteiger partial charge < -0.3 is 25.6 Å². The minimum atomic E-state index is -1.06. The standard InChI is InChI=1S/C24H26F2N4O3S/c1-13(2)12-33-22(31)20-14(3)30(4)24(34)29-21(20)15-5-7-16(8-6-15)27-23(32)28-17-9-10-18(25)19(26)11-17/h5-11,13,21H,12H2,1-4H3,(H,29,34)(H2,27,28,32). The van der Waals surface area contributed by atoms with Gasteiger partial charge in [0.25, 0.3) is 0 Å². The zero-order valence-corrected chi connectivity index (χ0v) is 20.1. The Labute approximate surface area is 202 Å². The van der Waals surface area contributed by atoms with Gasteiger partial charge in [-0.15, -0.1) is 0 Å². The molecule has 0 aliphatic carbocycles. The number of halogens is 2. The second-order valence-corrected chi connectivity index (χ2v) is 8.65. The summed E-state index contributed by atoms with van der Waals surface area (Å²) in [6.45, 7) is 6.03. The maximum Gasteiger partial charge on any atom is 0.338 e. The summed E-state index contributed by atoms with van der Waals surface area (Å²) in [7, 11) is 1.77. The van der Waals surface area contributed by atoms with Crippen molar-refractivity contribution in [3.8, 4) is 0 Å². The average molecular weight is 489 g/mol. The number of benzene rings is 2. The lowest BCUT2D eigenvalue weighted by molar-refractivity contribution is -0.140. The topological polar surface area (TPSA) is 82.7 Å². The van der Waals surface area contributed by atoms with Crippen LogP contribution in [0.25, 0.3) is 0 Å². The van der Waals surface area contributed by atoms with Gasteiger partial charge in [0.2, 0.25) is 0 Å². The Morgan fingerprint density at radius 1 is 1.09 bits per heavy atom. The highest BCUT2D eigenvalue weighted by Crippen LogP contribution is 2.31. The molecule has 0 bridgehead atoms. The van der Waals surface area contributed by atoms with E-state index < -0.39 is 29.7 Å². The predicted molar refractivity (Wildman–Crippen MR) is 130 cm³/mol. The molecular formula is C24H26F2N4O3S. The third kappa shape index (κ3) is 5.88. The molecule has 2 aromatic rings. The molecule has 3 N–H and O–H groups in total. The number of amides is 2. The first-order valence-electron chi connectivity index (χ1n) is 10.6. The summed E-state index contributed by atoms with van der Waals surface area (Å²) in [5, 5.41) is 8.69. The van der Waals surface area contributed by atoms with Crippen LogP contribution in [-0.2, 0) is 9.53 Å². The fraction of sp³-hybridized carbons (Fsp3) is 0.292. The number of carbonyl (C=O) groups excluding carboxylic acids is 2. The number of thiocarbonyl (C=S) groups is 1. The molecule has 2 amide bonds. The highest BCUT2D eigenvalue weighted by molar-refractivity contribution is 7.80. The molecular weight excluding hydrogens is 462 g/mol. The van der Waals surface area contributed by atoms with Gasteiger partial charge in [-0.25, -0.2) is 18.4 Å². The van der Waals surface area contributed by atoms with Crippen molar-refractivity contribution >= 4 is 40.7 Å². The van der Waals surface area contributed by atoms with E-state index in [-0.39, 0.29) is 11.6 Å². The molecule has 1 heterocycles. The summed E-state index contributed by atoms with van der Waals surface area (Å²) in [5.41, 5.74) is 2.47. The summed E-state index contributed by atoms with van der Waals surface area (Å²) in [4.78, 5) is 26.8. The van der Waals surface area contributed by atoms with Crippen LogP contribution in [0.15, 0.2) is 53.7 Å². The van der Waals surface area contributed by atoms with Crippen molar-refractivity contribution in [3.05, 3.63) is 70.9 Å². The lowest BCUT2D eigenvalue weighted by Gasteiger charge is -2.35. The van der Waals surface area contributed by atoms with Gasteiger partial charge in [0.15, 0.2) is 16.7 Å². The molecule has 3 rings (SSSR count). The molecule has 1 unspecified atom stereocenters. The molecule has 0 spiro atoms. The second-order valence-electron chi connectivity index (χ2n) is 8.26. The first-order valence-corrected chi connectivity index (χ1v) is 11.0. The SMILES string of the molecule is CC1=C(C(=O)OCC(C)C)C(c2ccc(NC(=O)Nc3ccc(F)c(F)c3)cc2)NC(=S)N1C. The number of hydrogen-bond acceptors (Lipinski definition) is 4. The third-order valence-electron chi connectivity index (χ3n) is 5.20. The molecule has 1 aliphatic rings. The van der Waals surface area contributed by atoms with Crippen LogP contribution in [0.2, 0.25) is 0 Å². The van der Waals surface area contributed by atoms with Crippen LogP contribution in [0.3, 0.4) is 0 Å². The zero-order valence-electron chi connectivity index (χ0n) is 19.2. The Kier molecular flexibility index (Phi) is 7.83. The van der Waals surface area contributed by atoms with Crippen molar-refractivity contribution in [2.75, 3.05) is 24.3 Å². The van der Waals surface area contributed by atoms with E-state index in [9.17, 15) is 18.4 Å². The first kappa shape index (κ1) is 25.1. The van der Waals surface area contributed by atoms with Gasteiger partial charge in [-0.1, -0.05) is 26.0 Å². The Bertz CT molecular complexity index is 1140. The van der Waals surface area contributed by atoms with Gasteiger partial charge >= 0.3 is 12.0 Å². The smallest absolute Gasteiger partial charge is 0.338 e. The van der Waals surface area contributed by atoms with Crippen molar-refractivity contribution < 1.29 is 23.1 Å². The van der Waals surface area contributed by atoms with Crippen LogP contribution in [0.1, 0.15) is 32.4 Å². The summed E-state index contributed by atoms with van der Waals surface area (Å²) in [5.74, 6) is -2.29. The predicted octanol–water partition coefficient (Wildman–Crippen LogP) is 4.94. The molecule has 0 saturated carbocycles. The maximum atomic E-state index is 13.3. The summed E-state index contributed by atoms with van der Waals surface area (Å²) < 4.78 is 31.9. The Balaban J connectivity index is 1.75. The molecule has 2 aromatic carbocycles. The number of carbonyl (C=O) groups is 2. The van der Waals surface area contributed by atoms with Crippen molar-refractivity contribution in [3.63, 3.8) is 0 Å². The number of esters is 1. The lowest BCUT2D eigenvalue weighted by Crippen LogP contribution is -2.46. The van der Waals surface area contributed by atoms with Crippen LogP contribution >= 0.6 is 12.2 Å². The average Bonchev–Trinajstić information content (AvgIpc) is 2.78. The van der Waals surface area contributed by atoms with E-state index in [0.717, 1.165) is 17.7 Å². The molecule has 0 saturated heterocycles. The molecule has 180 valence electrons. The molecule has 0 radical (unpaired) electrons. The fourth-order valence-electron chi connectivity index (χ4n) is 3.30. The van der Waals surface area contributed by atoms with Crippen LogP contribution in [0, 0.1) is 17.6 Å². The Hall–Kier alpha value is -3.53. The minimum Gasteiger partial charge on any atom is -0.462 e. The van der Waals surface area contributed by atoms with Gasteiger partial charge in [-0.2, -0.15) is 0 Å². The van der Waals surface area contributed by atoms with E-state index in [0.29, 0.717) is 28.7 Å². The van der Waals surface area contributed by atoms with E-state index in [4.69, 9.17) is 17.0 Å². The van der Waals surface area contributed by atoms with E-state index >= 15 is 0 Å². The highest BCUT2D eigenvalue weighted by atomic mass is 32.1. The third-order valence-corrected chi connectivity index (χ3v) is 5.59. The Morgan fingerprint density at radius 3 is 2.32 bits per heavy atom. The van der Waals surface area contributed by atoms with Gasteiger partial charge in [-0.3, -0.25) is 0 Å². The van der Waals surface area contributed by atoms with E-state index in [1.54, 1.807) is 36.2 Å². The number of urea groups is 1. The number of rotatable bonds is 6. The largest absolute Gasteiger partial charge is 0.462 e. The molecule has 34 heavy (non-hydrogen) atoms. The van der Waals surface area contributed by atoms with Gasteiger partial charge in [0.1, 0.15) is 0 Å². The normalized spacial score (nSPS) is 15.8. The number of allylic oxidation sites excluding steroid dienone is 1. The van der Waals surface area contributed by atoms with E-state index in [2.05, 4.69) is 16.0 Å².